The largest absolute Gasteiger partial charge is 0.238 e. The molecular weight excluding hydrogens is 338 g/mol. The first kappa shape index (κ1) is 19.6. The van der Waals surface area contributed by atoms with Crippen LogP contribution in [0.25, 0.3) is 6.08 Å². The molecule has 0 atom stereocenters. The molecule has 140 valence electrons. The van der Waals surface area contributed by atoms with E-state index in [1.807, 2.05) is 24.3 Å². The maximum absolute atomic E-state index is 4.59. The van der Waals surface area contributed by atoms with Crippen molar-refractivity contribution in [2.75, 3.05) is 0 Å². The highest BCUT2D eigenvalue weighted by atomic mass is 14.7. The van der Waals surface area contributed by atoms with Crippen LogP contribution in [0.1, 0.15) is 33.4 Å². The Balaban J connectivity index is 1.90. The van der Waals surface area contributed by atoms with E-state index in [9.17, 15) is 0 Å². The van der Waals surface area contributed by atoms with E-state index in [4.69, 9.17) is 0 Å². The van der Waals surface area contributed by atoms with E-state index in [2.05, 4.69) is 92.3 Å². The van der Waals surface area contributed by atoms with Crippen LogP contribution < -0.4 is 0 Å². The molecule has 0 heterocycles. The molecule has 0 aliphatic rings. The molecule has 0 bridgehead atoms. The molecule has 0 aliphatic heterocycles. The van der Waals surface area contributed by atoms with Crippen LogP contribution >= 0.6 is 0 Å². The van der Waals surface area contributed by atoms with Gasteiger partial charge in [0.1, 0.15) is 0 Å². The van der Waals surface area contributed by atoms with Gasteiger partial charge < -0.3 is 0 Å². The monoisotopic (exact) mass is 365 g/mol. The van der Waals surface area contributed by atoms with Crippen molar-refractivity contribution in [2.45, 2.75) is 33.7 Å². The average Bonchev–Trinajstić information content (AvgIpc) is 2.70. The first-order valence-corrected chi connectivity index (χ1v) is 9.74. The number of aryl methyl sites for hydroxylation is 3. The van der Waals surface area contributed by atoms with Crippen LogP contribution in [0, 0.1) is 20.8 Å². The molecule has 3 rings (SSSR count). The minimum absolute atomic E-state index is 0.648. The third-order valence-electron chi connectivity index (χ3n) is 4.81. The molecule has 3 aromatic carbocycles. The van der Waals surface area contributed by atoms with Gasteiger partial charge in [0.15, 0.2) is 0 Å². The quantitative estimate of drug-likeness (QED) is 0.342. The van der Waals surface area contributed by atoms with Crippen molar-refractivity contribution in [2.24, 2.45) is 4.99 Å². The summed E-state index contributed by atoms with van der Waals surface area (Å²) in [5, 5.41) is 0. The predicted octanol–water partition coefficient (Wildman–Crippen LogP) is 6.66. The second-order valence-electron chi connectivity index (χ2n) is 7.24. The molecule has 0 spiro atoms. The van der Waals surface area contributed by atoms with E-state index in [1.165, 1.54) is 33.4 Å². The fourth-order valence-corrected chi connectivity index (χ4v) is 3.39. The number of hydrogen-bond donors (Lipinski definition) is 0. The molecule has 0 radical (unpaired) electrons. The Morgan fingerprint density at radius 1 is 0.857 bits per heavy atom. The standard InChI is InChI=1S/C27H27N/c1-21-16-22(2)27(23(3)17-21)18-26(15-14-24-10-6-4-7-11-24)20-28-19-25-12-8-5-9-13-25/h4-17H,18-19H2,1-3H3/b15-14-. The fraction of sp³-hybridized carbons (Fsp3) is 0.185. The second-order valence-corrected chi connectivity index (χ2v) is 7.24. The normalized spacial score (nSPS) is 10.7. The number of aliphatic imine (C=N–C) groups is 1. The highest BCUT2D eigenvalue weighted by molar-refractivity contribution is 5.68. The van der Waals surface area contributed by atoms with E-state index in [0.717, 1.165) is 12.0 Å². The van der Waals surface area contributed by atoms with Gasteiger partial charge in [0.05, 0.1) is 6.54 Å². The SMILES string of the molecule is Cc1cc(C)c(CC(=C=NCc2ccccc2)/C=C\c2ccccc2)c(C)c1. The van der Waals surface area contributed by atoms with Crippen LogP contribution in [0.5, 0.6) is 0 Å². The highest BCUT2D eigenvalue weighted by Gasteiger charge is 2.06. The third kappa shape index (κ3) is 5.67. The van der Waals surface area contributed by atoms with Gasteiger partial charge in [0, 0.05) is 12.0 Å². The van der Waals surface area contributed by atoms with Gasteiger partial charge in [0.2, 0.25) is 0 Å². The van der Waals surface area contributed by atoms with Gasteiger partial charge in [-0.2, -0.15) is 0 Å². The van der Waals surface area contributed by atoms with Crippen LogP contribution in [0.2, 0.25) is 0 Å². The maximum atomic E-state index is 4.59. The number of allylic oxidation sites excluding steroid dienone is 2. The van der Waals surface area contributed by atoms with E-state index >= 15 is 0 Å². The third-order valence-corrected chi connectivity index (χ3v) is 4.81. The van der Waals surface area contributed by atoms with Crippen LogP contribution in [-0.2, 0) is 13.0 Å². The average molecular weight is 366 g/mol. The van der Waals surface area contributed by atoms with Crippen LogP contribution in [0.15, 0.2) is 89.4 Å². The molecule has 0 fully saturated rings. The minimum Gasteiger partial charge on any atom is -0.238 e. The van der Waals surface area contributed by atoms with E-state index in [-0.39, 0.29) is 0 Å². The molecule has 0 saturated heterocycles. The van der Waals surface area contributed by atoms with Crippen LogP contribution in [-0.4, -0.2) is 5.87 Å². The Labute approximate surface area is 168 Å². The summed E-state index contributed by atoms with van der Waals surface area (Å²) in [5.41, 5.74) is 8.80. The molecule has 28 heavy (non-hydrogen) atoms. The first-order valence-electron chi connectivity index (χ1n) is 9.74. The lowest BCUT2D eigenvalue weighted by Gasteiger charge is -2.11. The van der Waals surface area contributed by atoms with Crippen molar-refractivity contribution in [3.63, 3.8) is 0 Å². The molecule has 3 aromatic rings. The fourth-order valence-electron chi connectivity index (χ4n) is 3.39. The zero-order chi connectivity index (χ0) is 19.8. The van der Waals surface area contributed by atoms with Gasteiger partial charge in [-0.15, -0.1) is 0 Å². The summed E-state index contributed by atoms with van der Waals surface area (Å²) in [7, 11) is 0. The number of benzene rings is 3. The lowest BCUT2D eigenvalue weighted by Crippen LogP contribution is -1.97. The number of nitrogens with zero attached hydrogens (tertiary/aromatic N) is 1. The van der Waals surface area contributed by atoms with E-state index in [0.29, 0.717) is 6.54 Å². The molecule has 0 saturated carbocycles. The predicted molar refractivity (Wildman–Crippen MR) is 121 cm³/mol. The van der Waals surface area contributed by atoms with Crippen molar-refractivity contribution < 1.29 is 0 Å². The highest BCUT2D eigenvalue weighted by Crippen LogP contribution is 2.20. The Morgan fingerprint density at radius 3 is 2.11 bits per heavy atom. The summed E-state index contributed by atoms with van der Waals surface area (Å²) in [6.07, 6.45) is 5.11. The van der Waals surface area contributed by atoms with Crippen LogP contribution in [0.4, 0.5) is 0 Å². The zero-order valence-electron chi connectivity index (χ0n) is 16.9. The van der Waals surface area contributed by atoms with Gasteiger partial charge in [-0.05, 0) is 60.5 Å². The van der Waals surface area contributed by atoms with Gasteiger partial charge in [0.25, 0.3) is 0 Å². The summed E-state index contributed by atoms with van der Waals surface area (Å²) in [6.45, 7) is 7.18. The zero-order valence-corrected chi connectivity index (χ0v) is 16.9. The molecule has 1 heteroatoms. The first-order chi connectivity index (χ1) is 13.6. The Morgan fingerprint density at radius 2 is 1.46 bits per heavy atom. The minimum atomic E-state index is 0.648. The molecule has 0 amide bonds. The molecular formula is C27H27N. The van der Waals surface area contributed by atoms with Crippen molar-refractivity contribution >= 4 is 11.9 Å². The Hall–Kier alpha value is -3.15. The second kappa shape index (κ2) is 9.69. The summed E-state index contributed by atoms with van der Waals surface area (Å²) in [6, 6.07) is 25.2. The van der Waals surface area contributed by atoms with Crippen molar-refractivity contribution in [3.8, 4) is 0 Å². The van der Waals surface area contributed by atoms with E-state index in [1.54, 1.807) is 0 Å². The van der Waals surface area contributed by atoms with Crippen molar-refractivity contribution in [1.82, 2.24) is 0 Å². The maximum Gasteiger partial charge on any atom is 0.0734 e. The van der Waals surface area contributed by atoms with Crippen LogP contribution in [0.3, 0.4) is 0 Å². The molecule has 1 nitrogen and oxygen atoms in total. The van der Waals surface area contributed by atoms with E-state index < -0.39 is 0 Å². The Bertz CT molecular complexity index is 982. The van der Waals surface area contributed by atoms with Gasteiger partial charge in [-0.3, -0.25) is 0 Å². The van der Waals surface area contributed by atoms with Gasteiger partial charge in [-0.25, -0.2) is 4.99 Å². The molecule has 0 aliphatic carbocycles. The van der Waals surface area contributed by atoms with Gasteiger partial charge in [-0.1, -0.05) is 84.4 Å². The molecule has 0 unspecified atom stereocenters. The molecule has 0 aromatic heterocycles. The summed E-state index contributed by atoms with van der Waals surface area (Å²) in [4.78, 5) is 4.59. The topological polar surface area (TPSA) is 12.4 Å². The summed E-state index contributed by atoms with van der Waals surface area (Å²) >= 11 is 0. The van der Waals surface area contributed by atoms with Crippen molar-refractivity contribution in [3.05, 3.63) is 118 Å². The lowest BCUT2D eigenvalue weighted by atomic mass is 9.94. The van der Waals surface area contributed by atoms with Gasteiger partial charge >= 0.3 is 0 Å². The number of hydrogen-bond acceptors (Lipinski definition) is 1. The Kier molecular flexibility index (Phi) is 6.78. The molecule has 0 N–H and O–H groups in total. The summed E-state index contributed by atoms with van der Waals surface area (Å²) < 4.78 is 0. The summed E-state index contributed by atoms with van der Waals surface area (Å²) in [5.74, 6) is 3.31. The number of rotatable bonds is 6. The van der Waals surface area contributed by atoms with Crippen molar-refractivity contribution in [1.29, 1.82) is 0 Å². The smallest absolute Gasteiger partial charge is 0.0734 e. The lowest BCUT2D eigenvalue weighted by molar-refractivity contribution is 1.07.